The van der Waals surface area contributed by atoms with Crippen molar-refractivity contribution in [2.75, 3.05) is 22.5 Å². The van der Waals surface area contributed by atoms with E-state index >= 15 is 0 Å². The van der Waals surface area contributed by atoms with E-state index in [-0.39, 0.29) is 23.8 Å². The van der Waals surface area contributed by atoms with E-state index in [2.05, 4.69) is 15.5 Å². The maximum Gasteiger partial charge on any atom is 0.416 e. The third kappa shape index (κ3) is 4.61. The number of carbonyl (C=O) groups is 2. The van der Waals surface area contributed by atoms with Crippen molar-refractivity contribution in [1.82, 2.24) is 10.2 Å². The zero-order valence-corrected chi connectivity index (χ0v) is 17.2. The Morgan fingerprint density at radius 3 is 2.75 bits per heavy atom. The molecule has 0 aliphatic carbocycles. The summed E-state index contributed by atoms with van der Waals surface area (Å²) >= 11 is 4.12. The van der Waals surface area contributed by atoms with Crippen LogP contribution in [0.1, 0.15) is 19.4 Å². The summed E-state index contributed by atoms with van der Waals surface area (Å²) in [5.74, 6) is -0.0800. The highest BCUT2D eigenvalue weighted by Crippen LogP contribution is 2.38. The summed E-state index contributed by atoms with van der Waals surface area (Å²) in [6.07, 6.45) is -4.54. The highest BCUT2D eigenvalue weighted by molar-refractivity contribution is 8.03. The number of thioether (sulfide) groups is 2. The molecule has 1 aromatic heterocycles. The average molecular weight is 449 g/mol. The van der Waals surface area contributed by atoms with E-state index in [4.69, 9.17) is 0 Å². The second-order valence-corrected chi connectivity index (χ2v) is 9.81. The Labute approximate surface area is 171 Å². The van der Waals surface area contributed by atoms with Gasteiger partial charge in [-0.05, 0) is 30.9 Å². The van der Waals surface area contributed by atoms with Gasteiger partial charge in [-0.1, -0.05) is 41.8 Å². The van der Waals surface area contributed by atoms with Gasteiger partial charge in [0, 0.05) is 0 Å². The number of nitrogens with zero attached hydrogens (tertiary/aromatic N) is 3. The molecule has 0 bridgehead atoms. The molecule has 150 valence electrons. The van der Waals surface area contributed by atoms with Gasteiger partial charge in [-0.15, -0.1) is 10.2 Å². The molecule has 12 heteroatoms. The smallest absolute Gasteiger partial charge is 0.323 e. The van der Waals surface area contributed by atoms with Crippen molar-refractivity contribution in [2.45, 2.75) is 34.0 Å². The number of fused-ring (bicyclic) bond motifs is 1. The van der Waals surface area contributed by atoms with Crippen molar-refractivity contribution in [1.29, 1.82) is 0 Å². The third-order valence-electron chi connectivity index (χ3n) is 3.74. The molecule has 1 N–H and O–H groups in total. The molecule has 0 saturated carbocycles. The molecule has 3 rings (SSSR count). The SMILES string of the molecule is CCSc1nnc(SC(C)C(=O)N2CC(=O)Nc3cc(C(F)(F)F)ccc32)s1. The normalized spacial score (nSPS) is 15.2. The summed E-state index contributed by atoms with van der Waals surface area (Å²) in [5, 5.41) is 9.87. The molecule has 1 atom stereocenters. The monoisotopic (exact) mass is 448 g/mol. The number of anilines is 2. The van der Waals surface area contributed by atoms with E-state index in [0.717, 1.165) is 22.2 Å². The zero-order valence-electron chi connectivity index (χ0n) is 14.7. The predicted molar refractivity (Wildman–Crippen MR) is 104 cm³/mol. The molecule has 2 heterocycles. The number of alkyl halides is 3. The predicted octanol–water partition coefficient (Wildman–Crippen LogP) is 4.13. The Kier molecular flexibility index (Phi) is 6.20. The largest absolute Gasteiger partial charge is 0.416 e. The first-order chi connectivity index (χ1) is 13.2. The van der Waals surface area contributed by atoms with E-state index in [0.29, 0.717) is 4.34 Å². The van der Waals surface area contributed by atoms with Crippen LogP contribution in [0.2, 0.25) is 0 Å². The number of halogens is 3. The van der Waals surface area contributed by atoms with E-state index in [9.17, 15) is 22.8 Å². The number of nitrogens with one attached hydrogen (secondary N) is 1. The van der Waals surface area contributed by atoms with Gasteiger partial charge in [0.05, 0.1) is 22.2 Å². The Morgan fingerprint density at radius 2 is 2.07 bits per heavy atom. The van der Waals surface area contributed by atoms with Crippen LogP contribution < -0.4 is 10.2 Å². The number of aromatic nitrogens is 2. The lowest BCUT2D eigenvalue weighted by molar-refractivity contribution is -0.137. The summed E-state index contributed by atoms with van der Waals surface area (Å²) < 4.78 is 40.2. The average Bonchev–Trinajstić information content (AvgIpc) is 3.06. The number of amides is 2. The third-order valence-corrected chi connectivity index (χ3v) is 6.85. The fraction of sp³-hybridized carbons (Fsp3) is 0.375. The van der Waals surface area contributed by atoms with Gasteiger partial charge in [-0.2, -0.15) is 13.2 Å². The van der Waals surface area contributed by atoms with Crippen LogP contribution in [-0.2, 0) is 15.8 Å². The van der Waals surface area contributed by atoms with Crippen molar-refractivity contribution < 1.29 is 22.8 Å². The van der Waals surface area contributed by atoms with Crippen LogP contribution in [0.25, 0.3) is 0 Å². The molecular weight excluding hydrogens is 433 g/mol. The van der Waals surface area contributed by atoms with Crippen LogP contribution in [0.4, 0.5) is 24.5 Å². The molecule has 0 radical (unpaired) electrons. The van der Waals surface area contributed by atoms with Crippen LogP contribution in [0, 0.1) is 0 Å². The van der Waals surface area contributed by atoms with Crippen molar-refractivity contribution in [3.05, 3.63) is 23.8 Å². The lowest BCUT2D eigenvalue weighted by Crippen LogP contribution is -2.45. The molecule has 1 aromatic carbocycles. The minimum atomic E-state index is -4.54. The Bertz CT molecular complexity index is 903. The van der Waals surface area contributed by atoms with Gasteiger partial charge in [0.15, 0.2) is 8.68 Å². The lowest BCUT2D eigenvalue weighted by atomic mass is 10.1. The molecule has 1 aliphatic rings. The topological polar surface area (TPSA) is 75.2 Å². The number of rotatable bonds is 5. The molecular formula is C16H15F3N4O2S3. The second-order valence-electron chi connectivity index (χ2n) is 5.73. The molecule has 0 spiro atoms. The van der Waals surface area contributed by atoms with Gasteiger partial charge in [0.25, 0.3) is 0 Å². The van der Waals surface area contributed by atoms with Gasteiger partial charge in [-0.3, -0.25) is 14.5 Å². The number of benzene rings is 1. The van der Waals surface area contributed by atoms with Crippen LogP contribution in [0.5, 0.6) is 0 Å². The molecule has 2 aromatic rings. The zero-order chi connectivity index (χ0) is 20.5. The minimum Gasteiger partial charge on any atom is -0.323 e. The van der Waals surface area contributed by atoms with Crippen LogP contribution >= 0.6 is 34.9 Å². The second kappa shape index (κ2) is 8.29. The number of hydrogen-bond acceptors (Lipinski definition) is 7. The summed E-state index contributed by atoms with van der Waals surface area (Å²) in [7, 11) is 0. The quantitative estimate of drug-likeness (QED) is 0.693. The van der Waals surface area contributed by atoms with E-state index < -0.39 is 22.9 Å². The fourth-order valence-corrected chi connectivity index (χ4v) is 5.63. The Hall–Kier alpha value is -1.79. The molecule has 1 unspecified atom stereocenters. The summed E-state index contributed by atoms with van der Waals surface area (Å²) in [6, 6.07) is 2.94. The van der Waals surface area contributed by atoms with Gasteiger partial charge >= 0.3 is 6.18 Å². The number of carbonyl (C=O) groups excluding carboxylic acids is 2. The summed E-state index contributed by atoms with van der Waals surface area (Å²) in [4.78, 5) is 26.0. The van der Waals surface area contributed by atoms with Crippen molar-refractivity contribution in [3.8, 4) is 0 Å². The summed E-state index contributed by atoms with van der Waals surface area (Å²) in [6.45, 7) is 3.40. The van der Waals surface area contributed by atoms with Crippen LogP contribution in [0.3, 0.4) is 0 Å². The number of hydrogen-bond donors (Lipinski definition) is 1. The molecule has 6 nitrogen and oxygen atoms in total. The molecule has 2 amide bonds. The van der Waals surface area contributed by atoms with E-state index in [1.54, 1.807) is 18.7 Å². The van der Waals surface area contributed by atoms with E-state index in [1.807, 2.05) is 6.92 Å². The van der Waals surface area contributed by atoms with Gasteiger partial charge in [-0.25, -0.2) is 0 Å². The highest BCUT2D eigenvalue weighted by atomic mass is 32.2. The highest BCUT2D eigenvalue weighted by Gasteiger charge is 2.35. The first-order valence-corrected chi connectivity index (χ1v) is 10.8. The maximum absolute atomic E-state index is 12.9. The van der Waals surface area contributed by atoms with Crippen LogP contribution in [0.15, 0.2) is 26.9 Å². The van der Waals surface area contributed by atoms with Crippen molar-refractivity contribution in [2.24, 2.45) is 0 Å². The van der Waals surface area contributed by atoms with Crippen molar-refractivity contribution >= 4 is 58.0 Å². The van der Waals surface area contributed by atoms with E-state index in [1.165, 1.54) is 34.1 Å². The first kappa shape index (κ1) is 20.9. The van der Waals surface area contributed by atoms with Gasteiger partial charge in [0.2, 0.25) is 11.8 Å². The standard InChI is InChI=1S/C16H15F3N4O2S3/c1-3-26-14-21-22-15(28-14)27-8(2)13(25)23-7-12(24)20-10-6-9(16(17,18)19)4-5-11(10)23/h4-6,8H,3,7H2,1-2H3,(H,20,24). The fourth-order valence-electron chi connectivity index (χ4n) is 2.51. The molecule has 28 heavy (non-hydrogen) atoms. The first-order valence-electron chi connectivity index (χ1n) is 8.14. The lowest BCUT2D eigenvalue weighted by Gasteiger charge is -2.31. The van der Waals surface area contributed by atoms with Crippen molar-refractivity contribution in [3.63, 3.8) is 0 Å². The van der Waals surface area contributed by atoms with Gasteiger partial charge in [0.1, 0.15) is 6.54 Å². The Balaban J connectivity index is 1.80. The van der Waals surface area contributed by atoms with Gasteiger partial charge < -0.3 is 5.32 Å². The summed E-state index contributed by atoms with van der Waals surface area (Å²) in [5.41, 5.74) is -0.684. The van der Waals surface area contributed by atoms with Crippen LogP contribution in [-0.4, -0.2) is 39.6 Å². The molecule has 0 fully saturated rings. The molecule has 0 saturated heterocycles. The molecule has 1 aliphatic heterocycles. The minimum absolute atomic E-state index is 0.0332. The maximum atomic E-state index is 12.9. The Morgan fingerprint density at radius 1 is 1.36 bits per heavy atom.